The van der Waals surface area contributed by atoms with Crippen LogP contribution in [0.3, 0.4) is 0 Å². The summed E-state index contributed by atoms with van der Waals surface area (Å²) in [6.45, 7) is 5.03. The van der Waals surface area contributed by atoms with Crippen LogP contribution in [0.15, 0.2) is 58.3 Å². The van der Waals surface area contributed by atoms with E-state index in [4.69, 9.17) is 9.47 Å². The molecule has 0 atom stereocenters. The van der Waals surface area contributed by atoms with Crippen LogP contribution in [0.25, 0.3) is 0 Å². The summed E-state index contributed by atoms with van der Waals surface area (Å²) >= 11 is 1.57. The molecule has 2 heterocycles. The number of amides is 1. The Balaban J connectivity index is 1.60. The van der Waals surface area contributed by atoms with E-state index in [-0.39, 0.29) is 12.5 Å². The molecule has 1 aliphatic heterocycles. The normalized spacial score (nSPS) is 12.6. The third-order valence-corrected chi connectivity index (χ3v) is 5.35. The Morgan fingerprint density at radius 1 is 1.11 bits per heavy atom. The number of nitrogens with one attached hydrogen (secondary N) is 1. The van der Waals surface area contributed by atoms with Crippen molar-refractivity contribution in [2.45, 2.75) is 30.2 Å². The van der Waals surface area contributed by atoms with Crippen molar-refractivity contribution in [2.24, 2.45) is 0 Å². The summed E-state index contributed by atoms with van der Waals surface area (Å²) in [4.78, 5) is 14.6. The molecule has 1 aromatic heterocycles. The highest BCUT2D eigenvalue weighted by molar-refractivity contribution is 7.99. The van der Waals surface area contributed by atoms with Gasteiger partial charge in [0, 0.05) is 27.6 Å². The van der Waals surface area contributed by atoms with E-state index in [0.717, 1.165) is 21.2 Å². The zero-order valence-electron chi connectivity index (χ0n) is 15.8. The lowest BCUT2D eigenvalue weighted by atomic mass is 10.2. The van der Waals surface area contributed by atoms with Crippen LogP contribution in [0.4, 0.5) is 5.69 Å². The minimum atomic E-state index is -0.141. The van der Waals surface area contributed by atoms with E-state index >= 15 is 0 Å². The van der Waals surface area contributed by atoms with Gasteiger partial charge in [0.25, 0.3) is 0 Å². The van der Waals surface area contributed by atoms with Crippen molar-refractivity contribution in [3.8, 4) is 11.5 Å². The summed E-state index contributed by atoms with van der Waals surface area (Å²) in [5, 5.41) is 7.37. The summed E-state index contributed by atoms with van der Waals surface area (Å²) in [6.07, 6.45) is 0. The number of aromatic nitrogens is 2. The molecular weight excluding hydrogens is 374 g/mol. The molecule has 1 N–H and O–H groups in total. The number of anilines is 1. The molecule has 0 bridgehead atoms. The molecule has 3 aromatic rings. The minimum Gasteiger partial charge on any atom is -0.486 e. The number of hydrogen-bond acceptors (Lipinski definition) is 5. The van der Waals surface area contributed by atoms with Crippen LogP contribution in [-0.4, -0.2) is 28.9 Å². The van der Waals surface area contributed by atoms with Crippen molar-refractivity contribution in [2.75, 3.05) is 18.5 Å². The number of nitrogens with zero attached hydrogens (tertiary/aromatic N) is 2. The first-order valence-corrected chi connectivity index (χ1v) is 9.87. The Kier molecular flexibility index (Phi) is 5.25. The number of aryl methyl sites for hydroxylation is 2. The molecule has 7 heteroatoms. The maximum atomic E-state index is 12.7. The molecule has 6 nitrogen and oxygen atoms in total. The standard InChI is InChI=1S/C21H21N3O3S/c1-14-10-15(2)24(23-14)13-21(25)22-17-11-18-19(27-9-8-26-18)12-20(17)28-16-6-4-3-5-7-16/h3-7,10-12H,8-9,13H2,1-2H3,(H,22,25). The lowest BCUT2D eigenvalue weighted by molar-refractivity contribution is -0.117. The topological polar surface area (TPSA) is 65.4 Å². The molecule has 1 aliphatic rings. The number of carbonyl (C=O) groups excluding carboxylic acids is 1. The van der Waals surface area contributed by atoms with Crippen LogP contribution >= 0.6 is 11.8 Å². The second-order valence-electron chi connectivity index (χ2n) is 6.54. The second-order valence-corrected chi connectivity index (χ2v) is 7.66. The molecule has 0 saturated heterocycles. The minimum absolute atomic E-state index is 0.141. The van der Waals surface area contributed by atoms with Gasteiger partial charge in [-0.2, -0.15) is 5.10 Å². The van der Waals surface area contributed by atoms with Gasteiger partial charge >= 0.3 is 0 Å². The highest BCUT2D eigenvalue weighted by Crippen LogP contribution is 2.42. The van der Waals surface area contributed by atoms with Crippen LogP contribution in [-0.2, 0) is 11.3 Å². The molecule has 28 heavy (non-hydrogen) atoms. The molecule has 0 spiro atoms. The number of fused-ring (bicyclic) bond motifs is 1. The fourth-order valence-corrected chi connectivity index (χ4v) is 3.96. The summed E-state index contributed by atoms with van der Waals surface area (Å²) < 4.78 is 13.1. The number of ether oxygens (including phenoxy) is 2. The van der Waals surface area contributed by atoms with E-state index < -0.39 is 0 Å². The Bertz CT molecular complexity index is 1000. The lowest BCUT2D eigenvalue weighted by Gasteiger charge is -2.21. The van der Waals surface area contributed by atoms with E-state index in [0.29, 0.717) is 30.4 Å². The zero-order valence-corrected chi connectivity index (χ0v) is 16.6. The molecule has 0 aliphatic carbocycles. The maximum Gasteiger partial charge on any atom is 0.246 e. The Morgan fingerprint density at radius 2 is 1.82 bits per heavy atom. The quantitative estimate of drug-likeness (QED) is 0.706. The van der Waals surface area contributed by atoms with Gasteiger partial charge in [0.15, 0.2) is 11.5 Å². The van der Waals surface area contributed by atoms with Crippen molar-refractivity contribution >= 4 is 23.4 Å². The van der Waals surface area contributed by atoms with Crippen LogP contribution in [0.5, 0.6) is 11.5 Å². The van der Waals surface area contributed by atoms with E-state index in [1.165, 1.54) is 0 Å². The number of carbonyl (C=O) groups is 1. The second kappa shape index (κ2) is 7.98. The predicted molar refractivity (Wildman–Crippen MR) is 108 cm³/mol. The smallest absolute Gasteiger partial charge is 0.246 e. The predicted octanol–water partition coefficient (Wildman–Crippen LogP) is 4.06. The summed E-state index contributed by atoms with van der Waals surface area (Å²) in [5.41, 5.74) is 2.54. The molecule has 0 fully saturated rings. The molecule has 4 rings (SSSR count). The van der Waals surface area contributed by atoms with Crippen LogP contribution < -0.4 is 14.8 Å². The largest absolute Gasteiger partial charge is 0.486 e. The molecule has 144 valence electrons. The molecule has 0 unspecified atom stereocenters. The Morgan fingerprint density at radius 3 is 2.50 bits per heavy atom. The average Bonchev–Trinajstić information content (AvgIpc) is 2.99. The molecule has 2 aromatic carbocycles. The molecule has 0 saturated carbocycles. The van der Waals surface area contributed by atoms with E-state index in [9.17, 15) is 4.79 Å². The number of hydrogen-bond donors (Lipinski definition) is 1. The van der Waals surface area contributed by atoms with Gasteiger partial charge in [-0.05, 0) is 32.0 Å². The SMILES string of the molecule is Cc1cc(C)n(CC(=O)Nc2cc3c(cc2Sc2ccccc2)OCCO3)n1. The summed E-state index contributed by atoms with van der Waals surface area (Å²) in [7, 11) is 0. The monoisotopic (exact) mass is 395 g/mol. The Hall–Kier alpha value is -2.93. The lowest BCUT2D eigenvalue weighted by Crippen LogP contribution is -2.21. The van der Waals surface area contributed by atoms with Crippen LogP contribution in [0.2, 0.25) is 0 Å². The number of rotatable bonds is 5. The van der Waals surface area contributed by atoms with Crippen molar-refractivity contribution in [3.63, 3.8) is 0 Å². The van der Waals surface area contributed by atoms with Crippen molar-refractivity contribution < 1.29 is 14.3 Å². The molecule has 1 amide bonds. The van der Waals surface area contributed by atoms with Gasteiger partial charge in [-0.3, -0.25) is 9.48 Å². The van der Waals surface area contributed by atoms with Crippen LogP contribution in [0, 0.1) is 13.8 Å². The fourth-order valence-electron chi connectivity index (χ4n) is 3.03. The average molecular weight is 395 g/mol. The van der Waals surface area contributed by atoms with Crippen molar-refractivity contribution in [1.29, 1.82) is 0 Å². The highest BCUT2D eigenvalue weighted by Gasteiger charge is 2.18. The zero-order chi connectivity index (χ0) is 19.5. The first kappa shape index (κ1) is 18.4. The van der Waals surface area contributed by atoms with Gasteiger partial charge in [-0.25, -0.2) is 0 Å². The highest BCUT2D eigenvalue weighted by atomic mass is 32.2. The van der Waals surface area contributed by atoms with E-state index in [1.807, 2.05) is 62.4 Å². The summed E-state index contributed by atoms with van der Waals surface area (Å²) in [6, 6.07) is 15.7. The van der Waals surface area contributed by atoms with Crippen molar-refractivity contribution in [1.82, 2.24) is 9.78 Å². The first-order valence-electron chi connectivity index (χ1n) is 9.06. The van der Waals surface area contributed by atoms with E-state index in [1.54, 1.807) is 16.4 Å². The van der Waals surface area contributed by atoms with E-state index in [2.05, 4.69) is 10.4 Å². The third kappa shape index (κ3) is 4.14. The van der Waals surface area contributed by atoms with Gasteiger partial charge in [-0.1, -0.05) is 30.0 Å². The van der Waals surface area contributed by atoms with Crippen LogP contribution in [0.1, 0.15) is 11.4 Å². The number of benzene rings is 2. The molecular formula is C21H21N3O3S. The van der Waals surface area contributed by atoms with Gasteiger partial charge in [-0.15, -0.1) is 0 Å². The first-order chi connectivity index (χ1) is 13.6. The maximum absolute atomic E-state index is 12.7. The third-order valence-electron chi connectivity index (χ3n) is 4.29. The Labute approximate surface area is 167 Å². The van der Waals surface area contributed by atoms with Gasteiger partial charge in [0.05, 0.1) is 11.4 Å². The van der Waals surface area contributed by atoms with Gasteiger partial charge in [0.2, 0.25) is 5.91 Å². The fraction of sp³-hybridized carbons (Fsp3) is 0.238. The van der Waals surface area contributed by atoms with Gasteiger partial charge < -0.3 is 14.8 Å². The molecule has 0 radical (unpaired) electrons. The van der Waals surface area contributed by atoms with Crippen molar-refractivity contribution in [3.05, 3.63) is 59.9 Å². The summed E-state index contributed by atoms with van der Waals surface area (Å²) in [5.74, 6) is 1.20. The van der Waals surface area contributed by atoms with Gasteiger partial charge in [0.1, 0.15) is 19.8 Å².